The van der Waals surface area contributed by atoms with E-state index in [2.05, 4.69) is 10.9 Å². The van der Waals surface area contributed by atoms with Crippen molar-refractivity contribution in [3.05, 3.63) is 65.7 Å². The Kier molecular flexibility index (Phi) is 4.15. The van der Waals surface area contributed by atoms with Gasteiger partial charge in [-0.15, -0.1) is 0 Å². The Morgan fingerprint density at radius 3 is 2.53 bits per heavy atom. The molecule has 4 nitrogen and oxygen atoms in total. The fraction of sp³-hybridized carbons (Fsp3) is 0.133. The number of phenols is 1. The second-order valence-electron chi connectivity index (χ2n) is 4.28. The zero-order valence-corrected chi connectivity index (χ0v) is 10.6. The summed E-state index contributed by atoms with van der Waals surface area (Å²) in [6.45, 7) is 1.90. The smallest absolute Gasteiger partial charge is 0.265 e. The molecule has 4 heteroatoms. The van der Waals surface area contributed by atoms with Crippen molar-refractivity contribution in [2.24, 2.45) is 0 Å². The molecule has 0 radical (unpaired) electrons. The first-order valence-corrected chi connectivity index (χ1v) is 6.06. The van der Waals surface area contributed by atoms with Gasteiger partial charge >= 0.3 is 0 Å². The highest BCUT2D eigenvalue weighted by atomic mass is 16.3. The molecule has 0 heterocycles. The van der Waals surface area contributed by atoms with Gasteiger partial charge in [0, 0.05) is 11.6 Å². The number of carbonyl (C=O) groups is 1. The van der Waals surface area contributed by atoms with Gasteiger partial charge in [-0.3, -0.25) is 10.2 Å². The van der Waals surface area contributed by atoms with Crippen LogP contribution < -0.4 is 10.9 Å². The van der Waals surface area contributed by atoms with E-state index in [0.29, 0.717) is 5.56 Å². The maximum absolute atomic E-state index is 11.8. The monoisotopic (exact) mass is 256 g/mol. The minimum absolute atomic E-state index is 0.0974. The van der Waals surface area contributed by atoms with Gasteiger partial charge in [0.25, 0.3) is 5.91 Å². The topological polar surface area (TPSA) is 61.4 Å². The lowest BCUT2D eigenvalue weighted by atomic mass is 10.1. The van der Waals surface area contributed by atoms with Gasteiger partial charge in [0.1, 0.15) is 5.75 Å². The van der Waals surface area contributed by atoms with Gasteiger partial charge in [-0.25, -0.2) is 5.43 Å². The van der Waals surface area contributed by atoms with Crippen molar-refractivity contribution in [1.82, 2.24) is 10.9 Å². The molecule has 0 aliphatic carbocycles. The second kappa shape index (κ2) is 6.02. The Hall–Kier alpha value is -2.33. The summed E-state index contributed by atoms with van der Waals surface area (Å²) in [4.78, 5) is 11.8. The summed E-state index contributed by atoms with van der Waals surface area (Å²) in [5, 5.41) is 9.40. The van der Waals surface area contributed by atoms with E-state index >= 15 is 0 Å². The number of nitrogens with one attached hydrogen (secondary N) is 2. The molecular formula is C15H16N2O2. The number of benzene rings is 2. The molecular weight excluding hydrogens is 240 g/mol. The maximum atomic E-state index is 11.8. The van der Waals surface area contributed by atoms with Crippen molar-refractivity contribution in [3.8, 4) is 5.75 Å². The lowest BCUT2D eigenvalue weighted by molar-refractivity contribution is 0.0926. The quantitative estimate of drug-likeness (QED) is 0.736. The van der Waals surface area contributed by atoms with Crippen molar-refractivity contribution in [1.29, 1.82) is 0 Å². The number of hydrazine groups is 1. The van der Waals surface area contributed by atoms with Crippen LogP contribution in [0.1, 0.15) is 28.9 Å². The molecule has 0 aliphatic rings. The first-order valence-electron chi connectivity index (χ1n) is 6.06. The van der Waals surface area contributed by atoms with Crippen LogP contribution in [0.15, 0.2) is 54.6 Å². The summed E-state index contributed by atoms with van der Waals surface area (Å²) in [7, 11) is 0. The second-order valence-corrected chi connectivity index (χ2v) is 4.28. The molecule has 1 atom stereocenters. The van der Waals surface area contributed by atoms with E-state index in [1.165, 1.54) is 0 Å². The molecule has 0 unspecified atom stereocenters. The summed E-state index contributed by atoms with van der Waals surface area (Å²) in [5.74, 6) is 0.0214. The molecule has 3 N–H and O–H groups in total. The van der Waals surface area contributed by atoms with Crippen molar-refractivity contribution in [3.63, 3.8) is 0 Å². The molecule has 2 aromatic rings. The van der Waals surface area contributed by atoms with E-state index < -0.39 is 0 Å². The molecule has 0 saturated heterocycles. The van der Waals surface area contributed by atoms with Crippen LogP contribution in [-0.4, -0.2) is 11.0 Å². The number of aromatic hydroxyl groups is 1. The molecule has 2 rings (SSSR count). The average Bonchev–Trinajstić information content (AvgIpc) is 2.45. The van der Waals surface area contributed by atoms with Crippen LogP contribution in [0, 0.1) is 0 Å². The zero-order valence-electron chi connectivity index (χ0n) is 10.6. The Labute approximate surface area is 112 Å². The third-order valence-corrected chi connectivity index (χ3v) is 2.81. The van der Waals surface area contributed by atoms with Crippen molar-refractivity contribution in [2.45, 2.75) is 13.0 Å². The molecule has 0 aliphatic heterocycles. The molecule has 0 fully saturated rings. The lowest BCUT2D eigenvalue weighted by Gasteiger charge is -2.15. The molecule has 0 saturated carbocycles. The summed E-state index contributed by atoms with van der Waals surface area (Å²) >= 11 is 0. The number of carbonyl (C=O) groups excluding carboxylic acids is 1. The fourth-order valence-electron chi connectivity index (χ4n) is 1.71. The van der Waals surface area contributed by atoms with Crippen LogP contribution in [0.5, 0.6) is 5.75 Å². The highest BCUT2D eigenvalue weighted by Crippen LogP contribution is 2.17. The maximum Gasteiger partial charge on any atom is 0.265 e. The minimum atomic E-state index is -0.187. The Balaban J connectivity index is 1.94. The summed E-state index contributed by atoms with van der Waals surface area (Å²) < 4.78 is 0. The van der Waals surface area contributed by atoms with Crippen LogP contribution in [0.3, 0.4) is 0 Å². The molecule has 2 aromatic carbocycles. The van der Waals surface area contributed by atoms with Gasteiger partial charge in [0.15, 0.2) is 0 Å². The van der Waals surface area contributed by atoms with Gasteiger partial charge in [0.05, 0.1) is 0 Å². The molecule has 0 bridgehead atoms. The third kappa shape index (κ3) is 3.56. The summed E-state index contributed by atoms with van der Waals surface area (Å²) in [6.07, 6.45) is 0. The Morgan fingerprint density at radius 2 is 1.84 bits per heavy atom. The van der Waals surface area contributed by atoms with Crippen molar-refractivity contribution >= 4 is 5.91 Å². The van der Waals surface area contributed by atoms with Gasteiger partial charge in [-0.1, -0.05) is 30.3 Å². The first kappa shape index (κ1) is 13.1. The van der Waals surface area contributed by atoms with E-state index in [1.807, 2.05) is 31.2 Å². The van der Waals surface area contributed by atoms with Gasteiger partial charge in [0.2, 0.25) is 0 Å². The van der Waals surface area contributed by atoms with E-state index in [0.717, 1.165) is 5.56 Å². The van der Waals surface area contributed by atoms with Crippen LogP contribution in [0.4, 0.5) is 0 Å². The fourth-order valence-corrected chi connectivity index (χ4v) is 1.71. The minimum Gasteiger partial charge on any atom is -0.508 e. The number of amides is 1. The highest BCUT2D eigenvalue weighted by molar-refractivity contribution is 5.93. The summed E-state index contributed by atoms with van der Waals surface area (Å²) in [5.41, 5.74) is 7.05. The number of rotatable bonds is 4. The number of phenolic OH excluding ortho intramolecular Hbond substituents is 1. The Morgan fingerprint density at radius 1 is 1.11 bits per heavy atom. The van der Waals surface area contributed by atoms with Gasteiger partial charge < -0.3 is 5.11 Å². The molecule has 19 heavy (non-hydrogen) atoms. The SMILES string of the molecule is C[C@@H](NNC(=O)c1ccccc1)c1cccc(O)c1. The van der Waals surface area contributed by atoms with E-state index in [1.54, 1.807) is 30.3 Å². The Bertz CT molecular complexity index is 555. The third-order valence-electron chi connectivity index (χ3n) is 2.81. The average molecular weight is 256 g/mol. The van der Waals surface area contributed by atoms with E-state index in [4.69, 9.17) is 0 Å². The molecule has 0 aromatic heterocycles. The number of hydrogen-bond acceptors (Lipinski definition) is 3. The van der Waals surface area contributed by atoms with Gasteiger partial charge in [-0.2, -0.15) is 0 Å². The summed E-state index contributed by atoms with van der Waals surface area (Å²) in [6, 6.07) is 15.8. The standard InChI is InChI=1S/C15H16N2O2/c1-11(13-8-5-9-14(18)10-13)16-17-15(19)12-6-3-2-4-7-12/h2-11,16,18H,1H3,(H,17,19)/t11-/m1/s1. The van der Waals surface area contributed by atoms with Crippen LogP contribution in [-0.2, 0) is 0 Å². The van der Waals surface area contributed by atoms with Crippen LogP contribution in [0.25, 0.3) is 0 Å². The predicted molar refractivity (Wildman–Crippen MR) is 73.6 cm³/mol. The van der Waals surface area contributed by atoms with Crippen LogP contribution >= 0.6 is 0 Å². The first-order chi connectivity index (χ1) is 9.16. The van der Waals surface area contributed by atoms with E-state index in [9.17, 15) is 9.90 Å². The van der Waals surface area contributed by atoms with Gasteiger partial charge in [-0.05, 0) is 36.8 Å². The molecule has 0 spiro atoms. The predicted octanol–water partition coefficient (Wildman–Crippen LogP) is 2.39. The highest BCUT2D eigenvalue weighted by Gasteiger charge is 2.08. The molecule has 1 amide bonds. The normalized spacial score (nSPS) is 11.8. The van der Waals surface area contributed by atoms with Crippen molar-refractivity contribution < 1.29 is 9.90 Å². The molecule has 98 valence electrons. The van der Waals surface area contributed by atoms with E-state index in [-0.39, 0.29) is 17.7 Å². The van der Waals surface area contributed by atoms with Crippen LogP contribution in [0.2, 0.25) is 0 Å². The largest absolute Gasteiger partial charge is 0.508 e. The lowest BCUT2D eigenvalue weighted by Crippen LogP contribution is -2.38. The zero-order chi connectivity index (χ0) is 13.7. The number of hydrogen-bond donors (Lipinski definition) is 3. The van der Waals surface area contributed by atoms with Crippen molar-refractivity contribution in [2.75, 3.05) is 0 Å².